The molecule has 2 saturated heterocycles. The van der Waals surface area contributed by atoms with Crippen LogP contribution in [0.2, 0.25) is 0 Å². The zero-order valence-electron chi connectivity index (χ0n) is 26.9. The highest BCUT2D eigenvalue weighted by molar-refractivity contribution is 6.04. The molecule has 246 valence electrons. The number of methoxy groups -OCH3 is 2. The minimum atomic E-state index is -0.132. The van der Waals surface area contributed by atoms with E-state index in [9.17, 15) is 9.59 Å². The van der Waals surface area contributed by atoms with E-state index < -0.39 is 0 Å². The Morgan fingerprint density at radius 3 is 2.22 bits per heavy atom. The van der Waals surface area contributed by atoms with E-state index >= 15 is 0 Å². The fourth-order valence-electron chi connectivity index (χ4n) is 5.45. The molecule has 0 aliphatic carbocycles. The van der Waals surface area contributed by atoms with Gasteiger partial charge in [-0.3, -0.25) is 14.6 Å². The minimum absolute atomic E-state index is 0.0670. The Hall–Kier alpha value is -5.00. The van der Waals surface area contributed by atoms with E-state index in [0.717, 1.165) is 43.3 Å². The quantitative estimate of drug-likeness (QED) is 0.113. The second-order valence-corrected chi connectivity index (χ2v) is 11.1. The molecule has 0 bridgehead atoms. The molecular formula is C34H43N5O7. The summed E-state index contributed by atoms with van der Waals surface area (Å²) in [5.41, 5.74) is 10.1. The zero-order valence-corrected chi connectivity index (χ0v) is 26.9. The third-order valence-electron chi connectivity index (χ3n) is 7.89. The fourth-order valence-corrected chi connectivity index (χ4v) is 5.45. The van der Waals surface area contributed by atoms with E-state index in [1.165, 1.54) is 7.11 Å². The van der Waals surface area contributed by atoms with Gasteiger partial charge in [0, 0.05) is 50.4 Å². The number of nitrogens with zero attached hydrogens (tertiary/aromatic N) is 4. The lowest BCUT2D eigenvalue weighted by Gasteiger charge is -2.20. The SMILES string of the molecule is C=C1CCN(C(=O)c2cc(OC)c(OCCCCCOc3cc4c(cc3OC)C(=O)N3CC(=C)CC3C=N4)cc2N)C1.C=NOC. The van der Waals surface area contributed by atoms with Crippen LogP contribution in [0.15, 0.2) is 58.7 Å². The molecule has 2 aromatic rings. The van der Waals surface area contributed by atoms with Crippen molar-refractivity contribution in [3.05, 3.63) is 59.7 Å². The molecule has 5 rings (SSSR count). The Bertz CT molecular complexity index is 1510. The Morgan fingerprint density at radius 1 is 0.957 bits per heavy atom. The summed E-state index contributed by atoms with van der Waals surface area (Å²) < 4.78 is 23.0. The van der Waals surface area contributed by atoms with E-state index in [1.54, 1.807) is 48.3 Å². The molecule has 2 aromatic carbocycles. The number of carbonyl (C=O) groups is 2. The average Bonchev–Trinajstić information content (AvgIpc) is 3.64. The predicted molar refractivity (Wildman–Crippen MR) is 178 cm³/mol. The highest BCUT2D eigenvalue weighted by atomic mass is 16.6. The Balaban J connectivity index is 0.00000113. The molecule has 0 aromatic heterocycles. The van der Waals surface area contributed by atoms with Crippen molar-refractivity contribution in [2.45, 2.75) is 38.1 Å². The number of fused-ring (bicyclic) bond motifs is 2. The number of nitrogen functional groups attached to an aromatic ring is 1. The molecule has 3 aliphatic rings. The standard InChI is InChI=1S/C32H38N4O6.C2H5NO/c1-20-8-9-35(18-20)31(37)23-13-27(39-3)29(15-25(23)33)41-10-6-5-7-11-42-30-16-26-24(14-28(30)40-4)32(38)36-19-21(2)12-22(36)17-34-26;1-3-4-2/h13-17,22H,1-2,5-12,18-19,33H2,3-4H3;1H2,2H3. The van der Waals surface area contributed by atoms with Gasteiger partial charge in [0.25, 0.3) is 11.8 Å². The maximum atomic E-state index is 13.1. The molecule has 3 heterocycles. The molecule has 0 radical (unpaired) electrons. The highest BCUT2D eigenvalue weighted by Crippen LogP contribution is 2.39. The van der Waals surface area contributed by atoms with Crippen molar-refractivity contribution >= 4 is 36.1 Å². The van der Waals surface area contributed by atoms with Crippen molar-refractivity contribution < 1.29 is 33.4 Å². The molecule has 3 aliphatic heterocycles. The molecule has 2 fully saturated rings. The molecule has 12 heteroatoms. The van der Waals surface area contributed by atoms with Crippen molar-refractivity contribution in [2.24, 2.45) is 10.1 Å². The Morgan fingerprint density at radius 2 is 1.61 bits per heavy atom. The lowest BCUT2D eigenvalue weighted by atomic mass is 10.1. The maximum Gasteiger partial charge on any atom is 0.257 e. The van der Waals surface area contributed by atoms with Crippen molar-refractivity contribution in [1.82, 2.24) is 9.80 Å². The summed E-state index contributed by atoms with van der Waals surface area (Å²) >= 11 is 0. The Kier molecular flexibility index (Phi) is 11.7. The van der Waals surface area contributed by atoms with Gasteiger partial charge in [-0.2, -0.15) is 0 Å². The number of hydrogen-bond acceptors (Lipinski definition) is 10. The molecule has 0 saturated carbocycles. The zero-order chi connectivity index (χ0) is 33.2. The summed E-state index contributed by atoms with van der Waals surface area (Å²) in [5.74, 6) is 1.81. The van der Waals surface area contributed by atoms with Gasteiger partial charge < -0.3 is 39.3 Å². The number of amides is 2. The third-order valence-corrected chi connectivity index (χ3v) is 7.89. The van der Waals surface area contributed by atoms with Crippen LogP contribution in [-0.4, -0.2) is 94.8 Å². The van der Waals surface area contributed by atoms with Crippen LogP contribution in [0.4, 0.5) is 11.4 Å². The first-order valence-electron chi connectivity index (χ1n) is 15.1. The molecular weight excluding hydrogens is 590 g/mol. The number of rotatable bonds is 12. The van der Waals surface area contributed by atoms with Gasteiger partial charge in [0.1, 0.15) is 7.11 Å². The minimum Gasteiger partial charge on any atom is -0.493 e. The average molecular weight is 634 g/mol. The molecule has 2 N–H and O–H groups in total. The number of aliphatic imine (C=N–C) groups is 1. The molecule has 0 spiro atoms. The number of anilines is 1. The maximum absolute atomic E-state index is 13.1. The van der Waals surface area contributed by atoms with Gasteiger partial charge in [0.2, 0.25) is 0 Å². The number of carbonyl (C=O) groups excluding carboxylic acids is 2. The number of oxime groups is 1. The van der Waals surface area contributed by atoms with E-state index in [0.29, 0.717) is 78.3 Å². The van der Waals surface area contributed by atoms with Crippen molar-refractivity contribution in [3.8, 4) is 23.0 Å². The topological polar surface area (TPSA) is 138 Å². The molecule has 1 unspecified atom stereocenters. The lowest BCUT2D eigenvalue weighted by Crippen LogP contribution is -2.35. The van der Waals surface area contributed by atoms with Crippen LogP contribution < -0.4 is 24.7 Å². The van der Waals surface area contributed by atoms with E-state index in [2.05, 4.69) is 34.9 Å². The van der Waals surface area contributed by atoms with E-state index in [4.69, 9.17) is 24.7 Å². The fraction of sp³-hybridized carbons (Fsp3) is 0.412. The van der Waals surface area contributed by atoms with Gasteiger partial charge in [0.15, 0.2) is 23.0 Å². The molecule has 46 heavy (non-hydrogen) atoms. The van der Waals surface area contributed by atoms with Crippen molar-refractivity contribution in [2.75, 3.05) is 59.9 Å². The van der Waals surface area contributed by atoms with Crippen molar-refractivity contribution in [1.29, 1.82) is 0 Å². The summed E-state index contributed by atoms with van der Waals surface area (Å²) in [4.78, 5) is 38.2. The first-order valence-corrected chi connectivity index (χ1v) is 15.1. The highest BCUT2D eigenvalue weighted by Gasteiger charge is 2.34. The summed E-state index contributed by atoms with van der Waals surface area (Å²) in [6.07, 6.45) is 5.79. The van der Waals surface area contributed by atoms with Crippen LogP contribution >= 0.6 is 0 Å². The van der Waals surface area contributed by atoms with Gasteiger partial charge in [0.05, 0.1) is 50.3 Å². The lowest BCUT2D eigenvalue weighted by molar-refractivity contribution is 0.0775. The van der Waals surface area contributed by atoms with Crippen LogP contribution in [0, 0.1) is 0 Å². The largest absolute Gasteiger partial charge is 0.493 e. The van der Waals surface area contributed by atoms with E-state index in [-0.39, 0.29) is 17.9 Å². The summed E-state index contributed by atoms with van der Waals surface area (Å²) in [7, 11) is 4.55. The number of hydrogen-bond donors (Lipinski definition) is 1. The van der Waals surface area contributed by atoms with Crippen molar-refractivity contribution in [3.63, 3.8) is 0 Å². The van der Waals surface area contributed by atoms with Crippen LogP contribution in [-0.2, 0) is 4.84 Å². The molecule has 2 amide bonds. The number of likely N-dealkylation sites (tertiary alicyclic amines) is 1. The van der Waals surface area contributed by atoms with Gasteiger partial charge in [-0.05, 0) is 44.2 Å². The summed E-state index contributed by atoms with van der Waals surface area (Å²) in [6.45, 7) is 13.7. The number of benzene rings is 2. The summed E-state index contributed by atoms with van der Waals surface area (Å²) in [6, 6.07) is 6.71. The second-order valence-electron chi connectivity index (χ2n) is 11.1. The smallest absolute Gasteiger partial charge is 0.257 e. The number of ether oxygens (including phenoxy) is 4. The molecule has 12 nitrogen and oxygen atoms in total. The first kappa shape index (κ1) is 33.9. The van der Waals surface area contributed by atoms with Gasteiger partial charge in [-0.1, -0.05) is 24.3 Å². The third kappa shape index (κ3) is 7.98. The number of nitrogens with two attached hydrogens (primary N) is 1. The van der Waals surface area contributed by atoms with Crippen LogP contribution in [0.3, 0.4) is 0 Å². The van der Waals surface area contributed by atoms with Crippen LogP contribution in [0.1, 0.15) is 52.8 Å². The summed E-state index contributed by atoms with van der Waals surface area (Å²) in [5, 5.41) is 2.99. The van der Waals surface area contributed by atoms with Gasteiger partial charge >= 0.3 is 0 Å². The normalized spacial score (nSPS) is 16.6. The van der Waals surface area contributed by atoms with Gasteiger partial charge in [-0.15, -0.1) is 5.16 Å². The number of unbranched alkanes of at least 4 members (excludes halogenated alkanes) is 2. The predicted octanol–water partition coefficient (Wildman–Crippen LogP) is 5.05. The molecule has 1 atom stereocenters. The monoisotopic (exact) mass is 633 g/mol. The Labute approximate surface area is 270 Å². The van der Waals surface area contributed by atoms with Gasteiger partial charge in [-0.25, -0.2) is 0 Å². The van der Waals surface area contributed by atoms with Crippen LogP contribution in [0.5, 0.6) is 23.0 Å². The second kappa shape index (κ2) is 15.8. The first-order chi connectivity index (χ1) is 22.2. The van der Waals surface area contributed by atoms with Crippen LogP contribution in [0.25, 0.3) is 0 Å². The van der Waals surface area contributed by atoms with E-state index in [1.807, 2.05) is 6.21 Å².